The summed E-state index contributed by atoms with van der Waals surface area (Å²) in [5, 5.41) is 18.1. The summed E-state index contributed by atoms with van der Waals surface area (Å²) in [4.78, 5) is 75.2. The fraction of sp³-hybridized carbons (Fsp3) is 0.674. The molecular weight excluding hydrogens is 748 g/mol. The highest BCUT2D eigenvalue weighted by atomic mass is 16.7. The number of nitrogens with zero attached hydrogens (tertiary/aromatic N) is 2. The number of fused-ring (bicyclic) bond motifs is 2. The van der Waals surface area contributed by atoms with Crippen LogP contribution in [0.5, 0.6) is 0 Å². The predicted octanol–water partition coefficient (Wildman–Crippen LogP) is 3.76. The van der Waals surface area contributed by atoms with Crippen LogP contribution in [0, 0.1) is 23.7 Å². The lowest BCUT2D eigenvalue weighted by atomic mass is 9.73. The third-order valence-electron chi connectivity index (χ3n) is 12.6. The van der Waals surface area contributed by atoms with E-state index in [0.717, 1.165) is 16.5 Å². The number of aliphatic hydroxyl groups excluding tert-OH is 1. The molecule has 7 unspecified atom stereocenters. The van der Waals surface area contributed by atoms with E-state index in [0.29, 0.717) is 12.8 Å². The van der Waals surface area contributed by atoms with Gasteiger partial charge in [0.05, 0.1) is 29.4 Å². The summed E-state index contributed by atoms with van der Waals surface area (Å²) < 4.78 is 30.7. The van der Waals surface area contributed by atoms with Crippen molar-refractivity contribution in [3.05, 3.63) is 42.1 Å². The van der Waals surface area contributed by atoms with Gasteiger partial charge in [0, 0.05) is 61.9 Å². The average molecular weight is 811 g/mol. The van der Waals surface area contributed by atoms with Gasteiger partial charge in [-0.3, -0.25) is 24.2 Å². The molecule has 5 rings (SSSR count). The van der Waals surface area contributed by atoms with Gasteiger partial charge in [0.1, 0.15) is 23.9 Å². The van der Waals surface area contributed by atoms with E-state index in [-0.39, 0.29) is 49.6 Å². The molecule has 1 aromatic heterocycles. The third-order valence-corrected chi connectivity index (χ3v) is 12.6. The number of carbonyl (C=O) groups is 5. The molecule has 0 bridgehead atoms. The first kappa shape index (κ1) is 45.1. The zero-order valence-electron chi connectivity index (χ0n) is 35.5. The molecule has 0 aliphatic carbocycles. The van der Waals surface area contributed by atoms with Gasteiger partial charge in [-0.15, -0.1) is 0 Å². The Balaban J connectivity index is 1.41. The number of cyclic esters (lactones) is 1. The van der Waals surface area contributed by atoms with Gasteiger partial charge in [-0.1, -0.05) is 39.0 Å². The molecule has 2 amide bonds. The van der Waals surface area contributed by atoms with Gasteiger partial charge < -0.3 is 44.3 Å². The summed E-state index contributed by atoms with van der Waals surface area (Å²) in [6.45, 7) is 11.8. The van der Waals surface area contributed by atoms with Crippen molar-refractivity contribution in [3.63, 3.8) is 0 Å². The summed E-state index contributed by atoms with van der Waals surface area (Å²) in [5.74, 6) is -5.71. The molecule has 13 atom stereocenters. The summed E-state index contributed by atoms with van der Waals surface area (Å²) in [7, 11) is 5.17. The molecular formula is C43H62N4O11. The van der Waals surface area contributed by atoms with E-state index in [1.165, 1.54) is 14.0 Å². The molecule has 320 valence electrons. The summed E-state index contributed by atoms with van der Waals surface area (Å²) in [6, 6.07) is 8.35. The number of likely N-dealkylation sites (N-methyl/N-ethyl adjacent to an activating group) is 1. The highest BCUT2D eigenvalue weighted by Gasteiger charge is 2.57. The Hall–Kier alpha value is -4.02. The third kappa shape index (κ3) is 9.54. The maximum atomic E-state index is 14.4. The van der Waals surface area contributed by atoms with E-state index in [9.17, 15) is 29.1 Å². The van der Waals surface area contributed by atoms with Crippen molar-refractivity contribution in [3.8, 4) is 0 Å². The Kier molecular flexibility index (Phi) is 14.4. The van der Waals surface area contributed by atoms with Crippen LogP contribution in [0.1, 0.15) is 79.7 Å². The minimum atomic E-state index is -1.55. The molecule has 4 heterocycles. The van der Waals surface area contributed by atoms with Crippen LogP contribution in [0.2, 0.25) is 0 Å². The van der Waals surface area contributed by atoms with E-state index < -0.39 is 83.4 Å². The zero-order valence-corrected chi connectivity index (χ0v) is 35.5. The van der Waals surface area contributed by atoms with Crippen LogP contribution in [0.15, 0.2) is 36.5 Å². The second kappa shape index (κ2) is 18.5. The van der Waals surface area contributed by atoms with E-state index in [2.05, 4.69) is 15.6 Å². The van der Waals surface area contributed by atoms with Gasteiger partial charge in [-0.05, 0) is 78.7 Å². The molecule has 3 aliphatic heterocycles. The standard InChI is InChI=1S/C43H62N4O11/c1-23-22-42(6,54-10)38(57-40-36(51)31(47(8)9)21-24(2)55-40)26(4)35(50)27(5)39(52)56-32(43(7)37(25(3)34(23)49)46-41(53)58-43)18-20-45-33(48)16-15-28-17-19-44-30-14-12-11-13-29(28)30/h11-14,17,19,23-27,31-32,36-38,40,51H,15-16,18,20-22H2,1-10H3,(H,45,48)(H,46,53)/t23-,24?,25+,26+,27?,31?,32-,36?,37?,38?,40?,42-,43-/m1/s1. The molecule has 3 aliphatic rings. The number of aromatic nitrogens is 1. The predicted molar refractivity (Wildman–Crippen MR) is 213 cm³/mol. The number of benzene rings is 1. The number of hydrogen-bond acceptors (Lipinski definition) is 13. The first-order valence-electron chi connectivity index (χ1n) is 20.4. The van der Waals surface area contributed by atoms with Gasteiger partial charge in [-0.25, -0.2) is 4.79 Å². The van der Waals surface area contributed by atoms with Crippen LogP contribution in [0.25, 0.3) is 10.9 Å². The first-order chi connectivity index (χ1) is 27.3. The maximum Gasteiger partial charge on any atom is 0.408 e. The number of carbonyl (C=O) groups excluding carboxylic acids is 5. The SMILES string of the molecule is CO[C@]1(C)C[C@@H](C)C(=O)[C@H](C)C2NC(=O)O[C@]2(C)[C@@H](CCNC(=O)CCc2ccnc3ccccc23)OC(=O)C(C)C(=O)[C@H](C)C1OC1OC(C)CC(N(C)C)C1O. The van der Waals surface area contributed by atoms with Gasteiger partial charge in [0.15, 0.2) is 17.7 Å². The van der Waals surface area contributed by atoms with Crippen molar-refractivity contribution in [1.29, 1.82) is 0 Å². The second-order valence-electron chi connectivity index (χ2n) is 17.1. The monoisotopic (exact) mass is 810 g/mol. The lowest BCUT2D eigenvalue weighted by Gasteiger charge is -2.47. The Bertz CT molecular complexity index is 1820. The van der Waals surface area contributed by atoms with Crippen LogP contribution in [0.4, 0.5) is 4.79 Å². The zero-order chi connectivity index (χ0) is 42.7. The van der Waals surface area contributed by atoms with E-state index in [4.69, 9.17) is 23.7 Å². The van der Waals surface area contributed by atoms with Crippen molar-refractivity contribution < 1.29 is 52.8 Å². The highest BCUT2D eigenvalue weighted by molar-refractivity contribution is 6.00. The Morgan fingerprint density at radius 3 is 2.43 bits per heavy atom. The molecule has 1 aromatic carbocycles. The van der Waals surface area contributed by atoms with Crippen LogP contribution in [-0.2, 0) is 49.3 Å². The number of esters is 1. The Morgan fingerprint density at radius 2 is 1.74 bits per heavy atom. The number of rotatable bonds is 10. The molecule has 0 spiro atoms. The number of para-hydroxylation sites is 1. The molecule has 15 heteroatoms. The lowest BCUT2D eigenvalue weighted by molar-refractivity contribution is -0.295. The number of pyridine rings is 1. The molecule has 0 saturated carbocycles. The number of nitrogens with one attached hydrogen (secondary N) is 2. The van der Waals surface area contributed by atoms with Crippen LogP contribution in [0.3, 0.4) is 0 Å². The summed E-state index contributed by atoms with van der Waals surface area (Å²) in [5.41, 5.74) is -1.03. The molecule has 3 fully saturated rings. The number of Topliss-reactive ketones (excluding diaryl/α,β-unsaturated/α-hetero) is 2. The Labute approximate surface area is 341 Å². The van der Waals surface area contributed by atoms with Crippen molar-refractivity contribution in [2.45, 2.75) is 135 Å². The number of amides is 2. The van der Waals surface area contributed by atoms with Crippen molar-refractivity contribution in [2.24, 2.45) is 23.7 Å². The largest absolute Gasteiger partial charge is 0.457 e. The molecule has 58 heavy (non-hydrogen) atoms. The van der Waals surface area contributed by atoms with Gasteiger partial charge in [0.25, 0.3) is 0 Å². The number of aliphatic hydroxyl groups is 1. The number of aryl methyl sites for hydroxylation is 1. The average Bonchev–Trinajstić information content (AvgIpc) is 3.51. The fourth-order valence-electron chi connectivity index (χ4n) is 9.09. The summed E-state index contributed by atoms with van der Waals surface area (Å²) in [6.07, 6.45) is -2.53. The number of methoxy groups -OCH3 is 1. The first-order valence-corrected chi connectivity index (χ1v) is 20.4. The summed E-state index contributed by atoms with van der Waals surface area (Å²) >= 11 is 0. The van der Waals surface area contributed by atoms with E-state index >= 15 is 0 Å². The molecule has 0 radical (unpaired) electrons. The van der Waals surface area contributed by atoms with Crippen LogP contribution >= 0.6 is 0 Å². The second-order valence-corrected chi connectivity index (χ2v) is 17.1. The lowest BCUT2D eigenvalue weighted by Crippen LogP contribution is -2.60. The fourth-order valence-corrected chi connectivity index (χ4v) is 9.09. The van der Waals surface area contributed by atoms with Crippen LogP contribution < -0.4 is 10.6 Å². The number of ketones is 2. The Morgan fingerprint density at radius 1 is 1.03 bits per heavy atom. The minimum Gasteiger partial charge on any atom is -0.457 e. The number of hydrogen-bond donors (Lipinski definition) is 3. The van der Waals surface area contributed by atoms with Gasteiger partial charge in [0.2, 0.25) is 5.91 Å². The molecule has 3 saturated heterocycles. The smallest absolute Gasteiger partial charge is 0.408 e. The number of alkyl carbamates (subject to hydrolysis) is 1. The number of ether oxygens (including phenoxy) is 5. The molecule has 2 aromatic rings. The van der Waals surface area contributed by atoms with Crippen molar-refractivity contribution in [1.82, 2.24) is 20.5 Å². The van der Waals surface area contributed by atoms with Gasteiger partial charge in [-0.2, -0.15) is 0 Å². The van der Waals surface area contributed by atoms with Crippen molar-refractivity contribution in [2.75, 3.05) is 27.7 Å². The quantitative estimate of drug-likeness (QED) is 0.233. The van der Waals surface area contributed by atoms with Crippen molar-refractivity contribution >= 4 is 40.4 Å². The van der Waals surface area contributed by atoms with E-state index in [1.807, 2.05) is 56.3 Å². The minimum absolute atomic E-state index is 0.0141. The molecule has 15 nitrogen and oxygen atoms in total. The highest BCUT2D eigenvalue weighted by Crippen LogP contribution is 2.40. The topological polar surface area (TPSA) is 192 Å². The maximum absolute atomic E-state index is 14.4. The normalized spacial score (nSPS) is 36.4. The van der Waals surface area contributed by atoms with Crippen LogP contribution in [-0.4, -0.2) is 126 Å². The molecule has 3 N–H and O–H groups in total. The van der Waals surface area contributed by atoms with Gasteiger partial charge >= 0.3 is 12.1 Å². The van der Waals surface area contributed by atoms with E-state index in [1.54, 1.807) is 40.8 Å².